The summed E-state index contributed by atoms with van der Waals surface area (Å²) >= 11 is 9.88. The number of anilines is 2. The van der Waals surface area contributed by atoms with Crippen molar-refractivity contribution in [2.45, 2.75) is 50.3 Å². The Morgan fingerprint density at radius 1 is 0.586 bits per heavy atom. The first-order chi connectivity index (χ1) is 41.8. The highest BCUT2D eigenvalue weighted by Gasteiger charge is 2.51. The average Bonchev–Trinajstić information content (AvgIpc) is 2.28. The molecule has 10 heterocycles. The number of aromatic nitrogens is 8. The summed E-state index contributed by atoms with van der Waals surface area (Å²) in [4.78, 5) is 160. The number of nitrogens with zero attached hydrogens (tertiary/aromatic N) is 10. The van der Waals surface area contributed by atoms with Crippen LogP contribution in [-0.2, 0) is 38.2 Å². The molecule has 8 aromatic rings. The maximum absolute atomic E-state index is 13.4. The molecule has 0 spiro atoms. The Hall–Kier alpha value is -10.2. The largest absolute Gasteiger partial charge is 0.479 e. The predicted molar refractivity (Wildman–Crippen MR) is 310 cm³/mol. The van der Waals surface area contributed by atoms with Crippen molar-refractivity contribution in [3.8, 4) is 22.8 Å². The lowest BCUT2D eigenvalue weighted by Crippen LogP contribution is -2.56. The number of epoxide rings is 2. The lowest BCUT2D eigenvalue weighted by Gasteiger charge is -2.39. The first-order valence-corrected chi connectivity index (χ1v) is 27.5. The van der Waals surface area contributed by atoms with Crippen LogP contribution in [0.5, 0.6) is 0 Å². The Bertz CT molecular complexity index is 4040. The van der Waals surface area contributed by atoms with Crippen molar-refractivity contribution in [2.75, 3.05) is 50.3 Å². The van der Waals surface area contributed by atoms with Crippen molar-refractivity contribution in [3.63, 3.8) is 0 Å². The third kappa shape index (κ3) is 13.1. The van der Waals surface area contributed by atoms with E-state index in [1.54, 1.807) is 71.5 Å². The highest BCUT2D eigenvalue weighted by Crippen LogP contribution is 2.31. The van der Waals surface area contributed by atoms with Gasteiger partial charge in [0.05, 0.1) is 46.9 Å². The molecule has 5 amide bonds. The van der Waals surface area contributed by atoms with Gasteiger partial charge in [0.1, 0.15) is 28.6 Å². The van der Waals surface area contributed by atoms with Gasteiger partial charge >= 0.3 is 5.97 Å². The maximum atomic E-state index is 13.4. The maximum Gasteiger partial charge on any atom is 0.336 e. The van der Waals surface area contributed by atoms with Crippen LogP contribution in [0.1, 0.15) is 55.3 Å². The van der Waals surface area contributed by atoms with E-state index >= 15 is 0 Å². The minimum Gasteiger partial charge on any atom is -0.479 e. The number of halogens is 2. The Morgan fingerprint density at radius 3 is 1.45 bits per heavy atom. The van der Waals surface area contributed by atoms with Gasteiger partial charge in [-0.25, -0.2) is 14.8 Å². The van der Waals surface area contributed by atoms with Gasteiger partial charge in [-0.3, -0.25) is 63.1 Å². The van der Waals surface area contributed by atoms with E-state index in [4.69, 9.17) is 38.8 Å². The number of aromatic amines is 2. The van der Waals surface area contributed by atoms with Crippen LogP contribution in [0.15, 0.2) is 122 Å². The number of nitrogens with one attached hydrogen (secondary N) is 3. The molecule has 12 rings (SSSR count). The summed E-state index contributed by atoms with van der Waals surface area (Å²) in [5.74, 6) is -4.42. The first kappa shape index (κ1) is 59.9. The number of piperazine rings is 2. The number of benzene rings is 2. The number of nitrogens with two attached hydrogens (primary N) is 1. The molecule has 29 heteroatoms. The van der Waals surface area contributed by atoms with E-state index in [9.17, 15) is 47.9 Å². The molecule has 0 radical (unpaired) electrons. The number of carbonyl (C=O) groups excluding carboxylic acids is 9. The molecule has 0 aliphatic carbocycles. The first-order valence-electron chi connectivity index (χ1n) is 26.7. The Kier molecular flexibility index (Phi) is 17.6. The van der Waals surface area contributed by atoms with Crippen molar-refractivity contribution >= 4 is 114 Å². The zero-order valence-electron chi connectivity index (χ0n) is 45.9. The number of pyridine rings is 2. The normalized spacial score (nSPS) is 19.4. The number of fused-ring (bicyclic) bond motifs is 2. The van der Waals surface area contributed by atoms with E-state index in [1.165, 1.54) is 53.2 Å². The Labute approximate surface area is 502 Å². The fourth-order valence-corrected chi connectivity index (χ4v) is 10.3. The number of aliphatic carboxylic acids is 1. The van der Waals surface area contributed by atoms with E-state index in [1.807, 2.05) is 31.2 Å². The van der Waals surface area contributed by atoms with Crippen LogP contribution in [0.3, 0.4) is 0 Å². The molecule has 0 bridgehead atoms. The molecular weight excluding hydrogens is 1170 g/mol. The van der Waals surface area contributed by atoms with Gasteiger partial charge in [-0.05, 0) is 73.4 Å². The number of rotatable bonds is 13. The smallest absolute Gasteiger partial charge is 0.336 e. The van der Waals surface area contributed by atoms with E-state index in [0.717, 1.165) is 0 Å². The number of nitrogen functional groups attached to an aromatic ring is 1. The molecule has 4 aliphatic heterocycles. The van der Waals surface area contributed by atoms with Gasteiger partial charge in [0.2, 0.25) is 0 Å². The second-order valence-corrected chi connectivity index (χ2v) is 20.9. The van der Waals surface area contributed by atoms with E-state index in [-0.39, 0.29) is 65.4 Å². The summed E-state index contributed by atoms with van der Waals surface area (Å²) in [6.07, 6.45) is 7.72. The molecule has 4 saturated heterocycles. The number of carboxylic acids is 1. The third-order valence-corrected chi connectivity index (χ3v) is 14.9. The van der Waals surface area contributed by atoms with Gasteiger partial charge in [0.25, 0.3) is 51.6 Å². The molecule has 2 aromatic carbocycles. The van der Waals surface area contributed by atoms with E-state index in [2.05, 4.69) is 49.9 Å². The fraction of sp³-hybridized carbons (Fsp3) is 0.241. The van der Waals surface area contributed by atoms with Crippen LogP contribution >= 0.6 is 23.2 Å². The Morgan fingerprint density at radius 2 is 1.03 bits per heavy atom. The summed E-state index contributed by atoms with van der Waals surface area (Å²) in [6, 6.07) is 20.5. The third-order valence-electron chi connectivity index (χ3n) is 14.4. The number of carboxylic acid groups (broad SMARTS) is 1. The average molecular weight is 1220 g/mol. The summed E-state index contributed by atoms with van der Waals surface area (Å²) in [6.45, 7) is 5.43. The SMILES string of the molecule is C[C@@H]1CN(C(=O)c2ccccc2)CCN1C(=O)C(=O)c1c[nH]c2c(-c3cncc(N)n3)nccc12.C[C@@H]1CN(C(=O)c2ccccc2)CCN1C(=O)C(=O)c1c[nH]c2c(-c3cncc(NC(=O)C4OC4C(=O)O)n3)nccc12.O=C(Cl)C1OC1C(=O)Cl. The van der Waals surface area contributed by atoms with Gasteiger partial charge in [-0.15, -0.1) is 0 Å². The molecule has 6 N–H and O–H groups in total. The van der Waals surface area contributed by atoms with E-state index < -0.39 is 70.2 Å². The molecule has 87 heavy (non-hydrogen) atoms. The highest BCUT2D eigenvalue weighted by molar-refractivity contribution is 6.68. The summed E-state index contributed by atoms with van der Waals surface area (Å²) in [5, 5.41) is 11.1. The van der Waals surface area contributed by atoms with E-state index in [0.29, 0.717) is 76.2 Å². The number of hydrogen-bond acceptors (Lipinski definition) is 19. The minimum absolute atomic E-state index is 0.0536. The van der Waals surface area contributed by atoms with Gasteiger partial charge in [0.15, 0.2) is 30.2 Å². The lowest BCUT2D eigenvalue weighted by atomic mass is 10.1. The molecule has 6 atom stereocenters. The van der Waals surface area contributed by atoms with Gasteiger partial charge in [-0.1, -0.05) is 36.4 Å². The van der Waals surface area contributed by atoms with Crippen LogP contribution in [-0.4, -0.2) is 198 Å². The lowest BCUT2D eigenvalue weighted by molar-refractivity contribution is -0.138. The van der Waals surface area contributed by atoms with Gasteiger partial charge in [0, 0.05) is 98.0 Å². The summed E-state index contributed by atoms with van der Waals surface area (Å²) in [5.41, 5.74) is 9.83. The second-order valence-electron chi connectivity index (χ2n) is 20.2. The summed E-state index contributed by atoms with van der Waals surface area (Å²) < 4.78 is 9.33. The molecule has 6 aromatic heterocycles. The highest BCUT2D eigenvalue weighted by atomic mass is 35.5. The monoisotopic (exact) mass is 1220 g/mol. The number of carbonyl (C=O) groups is 10. The van der Waals surface area contributed by atoms with Gasteiger partial charge in [-0.2, -0.15) is 0 Å². The van der Waals surface area contributed by atoms with Crippen molar-refractivity contribution < 1.29 is 62.5 Å². The number of H-pyrrole nitrogens is 2. The van der Waals surface area contributed by atoms with Gasteiger partial charge < -0.3 is 55.2 Å². The Balaban J connectivity index is 0.000000171. The van der Waals surface area contributed by atoms with Crippen molar-refractivity contribution in [2.24, 2.45) is 0 Å². The zero-order chi connectivity index (χ0) is 61.8. The molecule has 0 saturated carbocycles. The molecule has 4 fully saturated rings. The van der Waals surface area contributed by atoms with Crippen LogP contribution in [0, 0.1) is 0 Å². The number of ether oxygens (including phenoxy) is 2. The molecule has 27 nitrogen and oxygen atoms in total. The number of Topliss-reactive ketones (excluding diaryl/α,β-unsaturated/α-hetero) is 2. The minimum atomic E-state index is -1.23. The molecule has 4 aliphatic rings. The predicted octanol–water partition coefficient (Wildman–Crippen LogP) is 3.81. The topological polar surface area (TPSA) is 376 Å². The number of ketones is 2. The second kappa shape index (κ2) is 25.6. The number of amides is 5. The zero-order valence-corrected chi connectivity index (χ0v) is 47.4. The van der Waals surface area contributed by atoms with Crippen molar-refractivity contribution in [1.82, 2.24) is 59.5 Å². The quantitative estimate of drug-likeness (QED) is 0.0474. The van der Waals surface area contributed by atoms with Crippen LogP contribution in [0.4, 0.5) is 11.6 Å². The van der Waals surface area contributed by atoms with Crippen LogP contribution < -0.4 is 11.1 Å². The number of hydrogen-bond donors (Lipinski definition) is 5. The van der Waals surface area contributed by atoms with Crippen LogP contribution in [0.25, 0.3) is 44.6 Å². The summed E-state index contributed by atoms with van der Waals surface area (Å²) in [7, 11) is 0. The molecule has 4 unspecified atom stereocenters. The van der Waals surface area contributed by atoms with Crippen molar-refractivity contribution in [3.05, 3.63) is 145 Å². The van der Waals surface area contributed by atoms with Crippen LogP contribution in [0.2, 0.25) is 0 Å². The molecule has 444 valence electrons. The standard InChI is InChI=1S/C29H25N7O7.C25H23N7O3.C4H2Cl2O3/c1-15-14-35(27(39)16-5-3-2-4-6-16)9-10-36(15)28(40)23(37)18-11-32-21-17(18)7-8-31-22(21)19-12-30-13-20(33-19)34-26(38)24-25(43-24)29(41)42;1-15-14-31(24(34)16-5-3-2-4-6-16)9-10-32(15)25(35)23(33)18-11-29-21-17(18)7-8-28-22(21)19-12-27-13-20(26)30-19;5-3(7)1-2(9-1)4(6)8/h2-8,11-13,15,24-25,32H,9-10,14H2,1H3,(H,41,42)(H,33,34,38);2-8,11-13,15,29H,9-10,14H2,1H3,(H2,26,30);1-2H/t15-,24?,25?;15-;/m11./s1. The molecular formula is C58H50Cl2N14O13. The van der Waals surface area contributed by atoms with Crippen molar-refractivity contribution in [1.29, 1.82) is 0 Å². The fourth-order valence-electron chi connectivity index (χ4n) is 9.97.